The number of rotatable bonds is 3. The SMILES string of the molecule is C=CCC(=O)N1C[C@@H](c2ccc3c(c2)OCO3)[C@@H]2[C@H]1C1CCN2CC1. The normalized spacial score (nSPS) is 34.9. The van der Waals surface area contributed by atoms with E-state index in [9.17, 15) is 4.79 Å². The van der Waals surface area contributed by atoms with E-state index in [4.69, 9.17) is 9.47 Å². The van der Waals surface area contributed by atoms with Crippen LogP contribution in [0.4, 0.5) is 0 Å². The summed E-state index contributed by atoms with van der Waals surface area (Å²) in [5.41, 5.74) is 1.26. The van der Waals surface area contributed by atoms with Crippen molar-refractivity contribution in [2.75, 3.05) is 26.4 Å². The lowest BCUT2D eigenvalue weighted by molar-refractivity contribution is -0.135. The van der Waals surface area contributed by atoms with Crippen molar-refractivity contribution >= 4 is 5.91 Å². The number of piperidine rings is 3. The molecule has 6 rings (SSSR count). The number of likely N-dealkylation sites (tertiary alicyclic amines) is 1. The number of benzene rings is 1. The van der Waals surface area contributed by atoms with Crippen LogP contribution in [0.5, 0.6) is 11.5 Å². The molecular weight excluding hydrogens is 316 g/mol. The second kappa shape index (κ2) is 5.77. The van der Waals surface area contributed by atoms with E-state index in [2.05, 4.69) is 28.5 Å². The highest BCUT2D eigenvalue weighted by Gasteiger charge is 2.54. The first-order valence-electron chi connectivity index (χ1n) is 9.30. The lowest BCUT2D eigenvalue weighted by atomic mass is 9.75. The Morgan fingerprint density at radius 2 is 2.00 bits per heavy atom. The first-order chi connectivity index (χ1) is 12.3. The first-order valence-corrected chi connectivity index (χ1v) is 9.30. The van der Waals surface area contributed by atoms with Crippen molar-refractivity contribution in [3.8, 4) is 11.5 Å². The van der Waals surface area contributed by atoms with E-state index in [1.165, 1.54) is 18.4 Å². The number of hydrogen-bond donors (Lipinski definition) is 0. The van der Waals surface area contributed by atoms with Crippen molar-refractivity contribution in [2.45, 2.75) is 37.3 Å². The maximum atomic E-state index is 12.7. The first kappa shape index (κ1) is 15.3. The van der Waals surface area contributed by atoms with Gasteiger partial charge in [0.05, 0.1) is 6.04 Å². The summed E-state index contributed by atoms with van der Waals surface area (Å²) < 4.78 is 11.0. The minimum atomic E-state index is 0.224. The summed E-state index contributed by atoms with van der Waals surface area (Å²) in [6.45, 7) is 7.18. The summed E-state index contributed by atoms with van der Waals surface area (Å²) in [5, 5.41) is 0. The Hall–Kier alpha value is -2.01. The summed E-state index contributed by atoms with van der Waals surface area (Å²) in [5.74, 6) is 2.87. The minimum absolute atomic E-state index is 0.224. The number of nitrogens with zero attached hydrogens (tertiary/aromatic N) is 2. The molecule has 1 aromatic rings. The summed E-state index contributed by atoms with van der Waals surface area (Å²) in [4.78, 5) is 17.5. The maximum absolute atomic E-state index is 12.7. The molecule has 0 aromatic heterocycles. The molecule has 5 aliphatic heterocycles. The van der Waals surface area contributed by atoms with Gasteiger partial charge >= 0.3 is 0 Å². The molecule has 0 N–H and O–H groups in total. The molecule has 1 amide bonds. The van der Waals surface area contributed by atoms with Gasteiger partial charge in [-0.3, -0.25) is 9.69 Å². The highest BCUT2D eigenvalue weighted by molar-refractivity contribution is 5.78. The molecule has 0 saturated carbocycles. The van der Waals surface area contributed by atoms with E-state index in [-0.39, 0.29) is 5.91 Å². The molecule has 132 valence electrons. The van der Waals surface area contributed by atoms with E-state index < -0.39 is 0 Å². The van der Waals surface area contributed by atoms with Crippen LogP contribution in [0, 0.1) is 5.92 Å². The monoisotopic (exact) mass is 340 g/mol. The van der Waals surface area contributed by atoms with Gasteiger partial charge in [0, 0.05) is 24.9 Å². The highest BCUT2D eigenvalue weighted by Crippen LogP contribution is 2.48. The van der Waals surface area contributed by atoms with Crippen molar-refractivity contribution in [1.82, 2.24) is 9.80 Å². The van der Waals surface area contributed by atoms with Crippen molar-refractivity contribution in [2.24, 2.45) is 5.92 Å². The summed E-state index contributed by atoms with van der Waals surface area (Å²) in [6, 6.07) is 7.07. The highest BCUT2D eigenvalue weighted by atomic mass is 16.7. The molecule has 4 fully saturated rings. The van der Waals surface area contributed by atoms with Crippen LogP contribution in [0.3, 0.4) is 0 Å². The third-order valence-corrected chi connectivity index (χ3v) is 6.46. The molecule has 2 bridgehead atoms. The van der Waals surface area contributed by atoms with Crippen LogP contribution in [0.15, 0.2) is 30.9 Å². The molecule has 5 nitrogen and oxygen atoms in total. The van der Waals surface area contributed by atoms with Crippen LogP contribution >= 0.6 is 0 Å². The Morgan fingerprint density at radius 1 is 1.20 bits per heavy atom. The zero-order valence-electron chi connectivity index (χ0n) is 14.4. The Balaban J connectivity index is 1.51. The quantitative estimate of drug-likeness (QED) is 0.793. The van der Waals surface area contributed by atoms with Crippen LogP contribution in [0.2, 0.25) is 0 Å². The smallest absolute Gasteiger partial charge is 0.231 e. The van der Waals surface area contributed by atoms with E-state index >= 15 is 0 Å². The van der Waals surface area contributed by atoms with E-state index in [0.29, 0.717) is 37.1 Å². The number of fused-ring (bicyclic) bond motifs is 3. The third-order valence-electron chi connectivity index (χ3n) is 6.46. The molecule has 5 aliphatic rings. The van der Waals surface area contributed by atoms with Crippen LogP contribution in [-0.2, 0) is 4.79 Å². The van der Waals surface area contributed by atoms with Gasteiger partial charge in [-0.15, -0.1) is 6.58 Å². The summed E-state index contributed by atoms with van der Waals surface area (Å²) in [6.07, 6.45) is 4.59. The molecule has 0 spiro atoms. The fourth-order valence-corrected chi connectivity index (χ4v) is 5.38. The molecule has 0 radical (unpaired) electrons. The average molecular weight is 340 g/mol. The van der Waals surface area contributed by atoms with Gasteiger partial charge in [0.1, 0.15) is 0 Å². The van der Waals surface area contributed by atoms with Gasteiger partial charge < -0.3 is 14.4 Å². The molecule has 25 heavy (non-hydrogen) atoms. The predicted octanol–water partition coefficient (Wildman–Crippen LogP) is 2.38. The zero-order valence-corrected chi connectivity index (χ0v) is 14.4. The van der Waals surface area contributed by atoms with E-state index in [1.54, 1.807) is 6.08 Å². The van der Waals surface area contributed by atoms with Crippen LogP contribution in [0.1, 0.15) is 30.7 Å². The third kappa shape index (κ3) is 2.29. The standard InChI is InChI=1S/C20H24N2O3/c1-2-3-18(23)22-11-15(14-4-5-16-17(10-14)25-12-24-16)20-19(22)13-6-8-21(20)9-7-13/h2,4-5,10,13,15,19-20H,1,3,6-9,11-12H2/t15-,19+,20+/m0/s1. The Kier molecular flexibility index (Phi) is 3.52. The Morgan fingerprint density at radius 3 is 2.80 bits per heavy atom. The fraction of sp³-hybridized carbons (Fsp3) is 0.550. The zero-order chi connectivity index (χ0) is 17.0. The number of amides is 1. The number of ether oxygens (including phenoxy) is 2. The van der Waals surface area contributed by atoms with Gasteiger partial charge in [-0.2, -0.15) is 0 Å². The molecule has 0 aliphatic carbocycles. The van der Waals surface area contributed by atoms with Gasteiger partial charge in [0.25, 0.3) is 0 Å². The van der Waals surface area contributed by atoms with Crippen molar-refractivity contribution in [3.05, 3.63) is 36.4 Å². The number of hydrogen-bond acceptors (Lipinski definition) is 4. The average Bonchev–Trinajstić information content (AvgIpc) is 3.28. The summed E-state index contributed by atoms with van der Waals surface area (Å²) >= 11 is 0. The number of carbonyl (C=O) groups is 1. The fourth-order valence-electron chi connectivity index (χ4n) is 5.38. The van der Waals surface area contributed by atoms with Crippen LogP contribution < -0.4 is 9.47 Å². The van der Waals surface area contributed by atoms with E-state index in [0.717, 1.165) is 31.1 Å². The molecule has 5 heteroatoms. The molecule has 3 atom stereocenters. The van der Waals surface area contributed by atoms with E-state index in [1.807, 2.05) is 6.07 Å². The van der Waals surface area contributed by atoms with Gasteiger partial charge in [0.2, 0.25) is 12.7 Å². The van der Waals surface area contributed by atoms with Crippen LogP contribution in [0.25, 0.3) is 0 Å². The van der Waals surface area contributed by atoms with Gasteiger partial charge in [0.15, 0.2) is 11.5 Å². The topological polar surface area (TPSA) is 42.0 Å². The van der Waals surface area contributed by atoms with Crippen LogP contribution in [-0.4, -0.2) is 54.2 Å². The van der Waals surface area contributed by atoms with Gasteiger partial charge in [-0.1, -0.05) is 12.1 Å². The number of carbonyl (C=O) groups excluding carboxylic acids is 1. The molecule has 1 aromatic carbocycles. The van der Waals surface area contributed by atoms with Gasteiger partial charge in [-0.25, -0.2) is 0 Å². The minimum Gasteiger partial charge on any atom is -0.454 e. The molecular formula is C20H24N2O3. The van der Waals surface area contributed by atoms with Crippen molar-refractivity contribution in [1.29, 1.82) is 0 Å². The predicted molar refractivity (Wildman–Crippen MR) is 93.7 cm³/mol. The van der Waals surface area contributed by atoms with Crippen molar-refractivity contribution in [3.63, 3.8) is 0 Å². The maximum Gasteiger partial charge on any atom is 0.231 e. The lowest BCUT2D eigenvalue weighted by Gasteiger charge is -2.51. The van der Waals surface area contributed by atoms with Crippen molar-refractivity contribution < 1.29 is 14.3 Å². The lowest BCUT2D eigenvalue weighted by Crippen LogP contribution is -2.60. The Bertz CT molecular complexity index is 711. The molecule has 5 heterocycles. The summed E-state index contributed by atoms with van der Waals surface area (Å²) in [7, 11) is 0. The second-order valence-electron chi connectivity index (χ2n) is 7.61. The second-order valence-corrected chi connectivity index (χ2v) is 7.61. The molecule has 0 unspecified atom stereocenters. The Labute approximate surface area is 148 Å². The van der Waals surface area contributed by atoms with Gasteiger partial charge in [-0.05, 0) is 49.5 Å². The molecule has 4 saturated heterocycles. The largest absolute Gasteiger partial charge is 0.454 e.